The zero-order valence-corrected chi connectivity index (χ0v) is 4.77. The molecule has 0 fully saturated rings. The van der Waals surface area contributed by atoms with E-state index >= 15 is 0 Å². The minimum Gasteiger partial charge on any atom is -0.404 e. The topological polar surface area (TPSA) is 60.2 Å². The Kier molecular flexibility index (Phi) is 1.83. The molecule has 0 heterocycles. The molecule has 0 aromatic rings. The molecule has 0 amide bonds. The molecular formula is C3H7NO2S. The molecule has 0 aromatic heterocycles. The fourth-order valence-electron chi connectivity index (χ4n) is 0.143. The smallest absolute Gasteiger partial charge is 0.170 e. The highest BCUT2D eigenvalue weighted by atomic mass is 32.2. The third kappa shape index (κ3) is 5.49. The molecule has 2 N–H and O–H groups in total. The number of hydrogen-bond acceptors (Lipinski definition) is 3. The van der Waals surface area contributed by atoms with Crippen LogP contribution in [0, 0.1) is 0 Å². The quantitative estimate of drug-likeness (QED) is 0.507. The largest absolute Gasteiger partial charge is 0.404 e. The Balaban J connectivity index is 4.13. The molecule has 7 heavy (non-hydrogen) atoms. The first-order valence-corrected chi connectivity index (χ1v) is 3.60. The Morgan fingerprint density at radius 1 is 1.57 bits per heavy atom. The summed E-state index contributed by atoms with van der Waals surface area (Å²) in [6, 6.07) is 0. The fourth-order valence-corrected chi connectivity index (χ4v) is 0.428. The average Bonchev–Trinajstić information content (AvgIpc) is 1.30. The summed E-state index contributed by atoms with van der Waals surface area (Å²) in [5, 5.41) is 0.938. The van der Waals surface area contributed by atoms with Gasteiger partial charge in [0.15, 0.2) is 9.84 Å². The van der Waals surface area contributed by atoms with Crippen LogP contribution < -0.4 is 5.73 Å². The van der Waals surface area contributed by atoms with Crippen LogP contribution in [0.15, 0.2) is 11.6 Å². The minimum atomic E-state index is -2.98. The van der Waals surface area contributed by atoms with E-state index in [-0.39, 0.29) is 0 Å². The second kappa shape index (κ2) is 1.97. The second-order valence-electron chi connectivity index (χ2n) is 1.16. The first kappa shape index (κ1) is 6.49. The summed E-state index contributed by atoms with van der Waals surface area (Å²) in [4.78, 5) is 0. The highest BCUT2D eigenvalue weighted by Gasteiger charge is 1.87. The standard InChI is InChI=1S/C3H7NO2S/c1-7(5,6)3-2-4/h2-3H,4H2,1H3/b3-2+. The summed E-state index contributed by atoms with van der Waals surface area (Å²) in [6.07, 6.45) is 2.08. The molecule has 0 aliphatic carbocycles. The fraction of sp³-hybridized carbons (Fsp3) is 0.333. The van der Waals surface area contributed by atoms with Gasteiger partial charge in [0.2, 0.25) is 0 Å². The first-order valence-electron chi connectivity index (χ1n) is 1.64. The van der Waals surface area contributed by atoms with E-state index in [9.17, 15) is 8.42 Å². The lowest BCUT2D eigenvalue weighted by molar-refractivity contribution is 0.610. The van der Waals surface area contributed by atoms with Gasteiger partial charge in [0.05, 0.1) is 0 Å². The van der Waals surface area contributed by atoms with Crippen molar-refractivity contribution in [3.63, 3.8) is 0 Å². The normalized spacial score (nSPS) is 12.7. The molecule has 0 bridgehead atoms. The second-order valence-corrected chi connectivity index (χ2v) is 3.09. The SMILES string of the molecule is CS(=O)(=O)/C=C/N. The predicted octanol–water partition coefficient (Wildman–Crippen LogP) is -0.539. The third-order valence-electron chi connectivity index (χ3n) is 0.326. The van der Waals surface area contributed by atoms with Crippen molar-refractivity contribution in [1.82, 2.24) is 0 Å². The Bertz CT molecular complexity index is 156. The molecule has 0 rings (SSSR count). The number of sulfone groups is 1. The molecule has 0 saturated heterocycles. The summed E-state index contributed by atoms with van der Waals surface area (Å²) in [5.74, 6) is 0. The van der Waals surface area contributed by atoms with Crippen molar-refractivity contribution in [2.24, 2.45) is 5.73 Å². The van der Waals surface area contributed by atoms with Gasteiger partial charge in [-0.1, -0.05) is 0 Å². The summed E-state index contributed by atoms with van der Waals surface area (Å²) in [6.45, 7) is 0. The molecule has 0 aliphatic rings. The van der Waals surface area contributed by atoms with Gasteiger partial charge in [0.25, 0.3) is 0 Å². The van der Waals surface area contributed by atoms with Gasteiger partial charge in [-0.05, 0) is 0 Å². The molecule has 3 nitrogen and oxygen atoms in total. The van der Waals surface area contributed by atoms with Crippen LogP contribution in [-0.2, 0) is 9.84 Å². The van der Waals surface area contributed by atoms with Crippen LogP contribution in [0.25, 0.3) is 0 Å². The molecule has 0 atom stereocenters. The molecule has 0 unspecified atom stereocenters. The monoisotopic (exact) mass is 121 g/mol. The van der Waals surface area contributed by atoms with Crippen LogP contribution in [0.3, 0.4) is 0 Å². The van der Waals surface area contributed by atoms with Gasteiger partial charge < -0.3 is 5.73 Å². The third-order valence-corrected chi connectivity index (χ3v) is 0.977. The lowest BCUT2D eigenvalue weighted by atomic mass is 11.1. The van der Waals surface area contributed by atoms with E-state index in [1.165, 1.54) is 0 Å². The van der Waals surface area contributed by atoms with Gasteiger partial charge in [-0.15, -0.1) is 0 Å². The molecule has 0 spiro atoms. The van der Waals surface area contributed by atoms with Crippen molar-refractivity contribution in [3.05, 3.63) is 11.6 Å². The van der Waals surface area contributed by atoms with E-state index in [2.05, 4.69) is 0 Å². The Morgan fingerprint density at radius 2 is 2.00 bits per heavy atom. The van der Waals surface area contributed by atoms with Crippen molar-refractivity contribution in [1.29, 1.82) is 0 Å². The van der Waals surface area contributed by atoms with Crippen molar-refractivity contribution >= 4 is 9.84 Å². The van der Waals surface area contributed by atoms with Gasteiger partial charge in [-0.3, -0.25) is 0 Å². The van der Waals surface area contributed by atoms with Crippen molar-refractivity contribution in [2.75, 3.05) is 6.26 Å². The van der Waals surface area contributed by atoms with Crippen LogP contribution in [0.2, 0.25) is 0 Å². The molecule has 0 radical (unpaired) electrons. The predicted molar refractivity (Wildman–Crippen MR) is 28.2 cm³/mol. The Labute approximate surface area is 42.7 Å². The van der Waals surface area contributed by atoms with Gasteiger partial charge in [-0.25, -0.2) is 8.42 Å². The molecule has 0 saturated carbocycles. The van der Waals surface area contributed by atoms with Crippen LogP contribution in [0.4, 0.5) is 0 Å². The number of nitrogens with two attached hydrogens (primary N) is 1. The van der Waals surface area contributed by atoms with Gasteiger partial charge >= 0.3 is 0 Å². The van der Waals surface area contributed by atoms with E-state index in [1.54, 1.807) is 0 Å². The van der Waals surface area contributed by atoms with E-state index in [0.29, 0.717) is 0 Å². The first-order chi connectivity index (χ1) is 3.06. The summed E-state index contributed by atoms with van der Waals surface area (Å²) in [5.41, 5.74) is 4.75. The lowest BCUT2D eigenvalue weighted by Crippen LogP contribution is -1.90. The van der Waals surface area contributed by atoms with E-state index in [1.807, 2.05) is 0 Å². The maximum Gasteiger partial charge on any atom is 0.170 e. The highest BCUT2D eigenvalue weighted by molar-refractivity contribution is 7.93. The van der Waals surface area contributed by atoms with Crippen LogP contribution >= 0.6 is 0 Å². The number of rotatable bonds is 1. The Morgan fingerprint density at radius 3 is 2.00 bits per heavy atom. The van der Waals surface area contributed by atoms with Gasteiger partial charge in [0, 0.05) is 17.9 Å². The molecule has 4 heteroatoms. The maximum absolute atomic E-state index is 10.1. The van der Waals surface area contributed by atoms with Crippen molar-refractivity contribution in [2.45, 2.75) is 0 Å². The van der Waals surface area contributed by atoms with Gasteiger partial charge in [0.1, 0.15) is 0 Å². The lowest BCUT2D eigenvalue weighted by Gasteiger charge is -1.77. The molecule has 42 valence electrons. The van der Waals surface area contributed by atoms with Crippen molar-refractivity contribution < 1.29 is 8.42 Å². The van der Waals surface area contributed by atoms with Crippen LogP contribution in [0.5, 0.6) is 0 Å². The zero-order chi connectivity index (χ0) is 5.91. The maximum atomic E-state index is 10.1. The Hall–Kier alpha value is -0.510. The minimum absolute atomic E-state index is 0.938. The molecular weight excluding hydrogens is 114 g/mol. The van der Waals surface area contributed by atoms with Crippen LogP contribution in [0.1, 0.15) is 0 Å². The summed E-state index contributed by atoms with van der Waals surface area (Å²) in [7, 11) is -2.98. The number of hydrogen-bond donors (Lipinski definition) is 1. The summed E-state index contributed by atoms with van der Waals surface area (Å²) >= 11 is 0. The van der Waals surface area contributed by atoms with E-state index in [4.69, 9.17) is 5.73 Å². The van der Waals surface area contributed by atoms with E-state index < -0.39 is 9.84 Å². The van der Waals surface area contributed by atoms with Crippen molar-refractivity contribution in [3.8, 4) is 0 Å². The van der Waals surface area contributed by atoms with E-state index in [0.717, 1.165) is 17.9 Å². The summed E-state index contributed by atoms with van der Waals surface area (Å²) < 4.78 is 20.1. The molecule has 0 aromatic carbocycles. The molecule has 0 aliphatic heterocycles. The average molecular weight is 121 g/mol. The zero-order valence-electron chi connectivity index (χ0n) is 3.96. The highest BCUT2D eigenvalue weighted by Crippen LogP contribution is 1.79. The van der Waals surface area contributed by atoms with Crippen LogP contribution in [-0.4, -0.2) is 14.7 Å². The van der Waals surface area contributed by atoms with Gasteiger partial charge in [-0.2, -0.15) is 0 Å².